The molecule has 0 atom stereocenters. The van der Waals surface area contributed by atoms with Crippen LogP contribution in [-0.4, -0.2) is 17.6 Å². The number of thioether (sulfide) groups is 1. The molecule has 134 valence electrons. The molecule has 0 saturated carbocycles. The summed E-state index contributed by atoms with van der Waals surface area (Å²) in [6.07, 6.45) is 0. The van der Waals surface area contributed by atoms with Gasteiger partial charge in [0.15, 0.2) is 0 Å². The lowest BCUT2D eigenvalue weighted by Gasteiger charge is -2.17. The predicted octanol–water partition coefficient (Wildman–Crippen LogP) is 4.96. The fraction of sp³-hybridized carbons (Fsp3) is 0.273. The first-order chi connectivity index (χ1) is 12.3. The fourth-order valence-corrected chi connectivity index (χ4v) is 4.06. The molecule has 0 N–H and O–H groups in total. The van der Waals surface area contributed by atoms with Gasteiger partial charge in [0, 0.05) is 0 Å². The average molecular weight is 365 g/mol. The van der Waals surface area contributed by atoms with Gasteiger partial charge in [-0.05, 0) is 67.8 Å². The summed E-state index contributed by atoms with van der Waals surface area (Å²) in [4.78, 5) is 28.2. The third-order valence-corrected chi connectivity index (χ3v) is 5.69. The lowest BCUT2D eigenvalue weighted by atomic mass is 9.98. The highest BCUT2D eigenvalue weighted by atomic mass is 32.2. The SMILES string of the molecule is CCSC1=C(c2ccc(C)cc2C)C(=O)N(c2ccc(C)c(C)c2)C1=O. The third-order valence-electron chi connectivity index (χ3n) is 4.73. The van der Waals surface area contributed by atoms with Crippen molar-refractivity contribution in [2.24, 2.45) is 0 Å². The molecule has 3 nitrogen and oxygen atoms in total. The smallest absolute Gasteiger partial charge is 0.268 e. The zero-order valence-corrected chi connectivity index (χ0v) is 16.7. The van der Waals surface area contributed by atoms with Crippen LogP contribution in [0.4, 0.5) is 5.69 Å². The van der Waals surface area contributed by atoms with Gasteiger partial charge in [0.05, 0.1) is 16.2 Å². The van der Waals surface area contributed by atoms with E-state index in [0.717, 1.165) is 33.6 Å². The summed E-state index contributed by atoms with van der Waals surface area (Å²) in [5.74, 6) is 0.282. The van der Waals surface area contributed by atoms with E-state index < -0.39 is 0 Å². The molecule has 1 aliphatic heterocycles. The number of carbonyl (C=O) groups is 2. The highest BCUT2D eigenvalue weighted by Gasteiger charge is 2.40. The van der Waals surface area contributed by atoms with Gasteiger partial charge in [-0.15, -0.1) is 11.8 Å². The number of carbonyl (C=O) groups excluding carboxylic acids is 2. The quantitative estimate of drug-likeness (QED) is 0.719. The second kappa shape index (κ2) is 7.12. The first kappa shape index (κ1) is 18.5. The monoisotopic (exact) mass is 365 g/mol. The van der Waals surface area contributed by atoms with Crippen molar-refractivity contribution in [3.63, 3.8) is 0 Å². The van der Waals surface area contributed by atoms with E-state index in [1.54, 1.807) is 0 Å². The molecule has 2 aromatic carbocycles. The van der Waals surface area contributed by atoms with Crippen molar-refractivity contribution in [2.45, 2.75) is 34.6 Å². The van der Waals surface area contributed by atoms with Crippen molar-refractivity contribution in [3.05, 3.63) is 69.1 Å². The zero-order chi connectivity index (χ0) is 19.0. The molecule has 4 heteroatoms. The number of aryl methyl sites for hydroxylation is 4. The fourth-order valence-electron chi connectivity index (χ4n) is 3.22. The van der Waals surface area contributed by atoms with Crippen molar-refractivity contribution >= 4 is 34.8 Å². The number of anilines is 1. The van der Waals surface area contributed by atoms with Crippen LogP contribution >= 0.6 is 11.8 Å². The van der Waals surface area contributed by atoms with E-state index in [1.807, 2.05) is 71.0 Å². The minimum atomic E-state index is -0.235. The van der Waals surface area contributed by atoms with E-state index in [4.69, 9.17) is 0 Å². The Hall–Kier alpha value is -2.33. The Morgan fingerprint density at radius 3 is 2.19 bits per heavy atom. The van der Waals surface area contributed by atoms with E-state index >= 15 is 0 Å². The third kappa shape index (κ3) is 3.10. The molecule has 0 fully saturated rings. The Bertz CT molecular complexity index is 943. The maximum absolute atomic E-state index is 13.3. The van der Waals surface area contributed by atoms with Gasteiger partial charge in [0.1, 0.15) is 0 Å². The lowest BCUT2D eigenvalue weighted by molar-refractivity contribution is -0.119. The number of imide groups is 1. The molecule has 0 radical (unpaired) electrons. The number of rotatable bonds is 4. The van der Waals surface area contributed by atoms with Crippen LogP contribution in [0.3, 0.4) is 0 Å². The van der Waals surface area contributed by atoms with Crippen molar-refractivity contribution < 1.29 is 9.59 Å². The topological polar surface area (TPSA) is 37.4 Å². The number of amides is 2. The maximum atomic E-state index is 13.3. The molecule has 0 unspecified atom stereocenters. The summed E-state index contributed by atoms with van der Waals surface area (Å²) < 4.78 is 0. The highest BCUT2D eigenvalue weighted by molar-refractivity contribution is 8.04. The van der Waals surface area contributed by atoms with Crippen molar-refractivity contribution in [3.8, 4) is 0 Å². The van der Waals surface area contributed by atoms with Crippen molar-refractivity contribution in [1.29, 1.82) is 0 Å². The Kier molecular flexibility index (Phi) is 5.05. The van der Waals surface area contributed by atoms with Crippen LogP contribution in [0.5, 0.6) is 0 Å². The second-order valence-corrected chi connectivity index (χ2v) is 7.94. The Balaban J connectivity index is 2.13. The summed E-state index contributed by atoms with van der Waals surface area (Å²) >= 11 is 1.44. The van der Waals surface area contributed by atoms with Crippen LogP contribution in [0.25, 0.3) is 5.57 Å². The summed E-state index contributed by atoms with van der Waals surface area (Å²) in [6, 6.07) is 11.7. The standard InChI is InChI=1S/C22H23NO2S/c1-6-26-20-19(18-10-7-13(2)11-16(18)5)21(24)23(22(20)25)17-9-8-14(3)15(4)12-17/h7-12H,6H2,1-5H3. The van der Waals surface area contributed by atoms with Crippen LogP contribution in [0.2, 0.25) is 0 Å². The Morgan fingerprint density at radius 1 is 0.846 bits per heavy atom. The van der Waals surface area contributed by atoms with Gasteiger partial charge in [0.25, 0.3) is 11.8 Å². The molecule has 1 heterocycles. The molecule has 3 rings (SSSR count). The van der Waals surface area contributed by atoms with E-state index in [9.17, 15) is 9.59 Å². The summed E-state index contributed by atoms with van der Waals surface area (Å²) in [5.41, 5.74) is 6.36. The highest BCUT2D eigenvalue weighted by Crippen LogP contribution is 2.39. The molecule has 0 saturated heterocycles. The summed E-state index contributed by atoms with van der Waals surface area (Å²) in [6.45, 7) is 10.0. The van der Waals surface area contributed by atoms with Gasteiger partial charge in [0.2, 0.25) is 0 Å². The van der Waals surface area contributed by atoms with Gasteiger partial charge < -0.3 is 0 Å². The van der Waals surface area contributed by atoms with Crippen LogP contribution in [-0.2, 0) is 9.59 Å². The second-order valence-electron chi connectivity index (χ2n) is 6.67. The molecule has 2 aromatic rings. The maximum Gasteiger partial charge on any atom is 0.272 e. The first-order valence-corrected chi connectivity index (χ1v) is 9.74. The van der Waals surface area contributed by atoms with Crippen molar-refractivity contribution in [2.75, 3.05) is 10.7 Å². The summed E-state index contributed by atoms with van der Waals surface area (Å²) in [7, 11) is 0. The number of nitrogens with zero attached hydrogens (tertiary/aromatic N) is 1. The van der Waals surface area contributed by atoms with E-state index in [0.29, 0.717) is 16.2 Å². The molecule has 1 aliphatic rings. The van der Waals surface area contributed by atoms with Gasteiger partial charge in [-0.1, -0.05) is 36.8 Å². The number of hydrogen-bond acceptors (Lipinski definition) is 3. The zero-order valence-electron chi connectivity index (χ0n) is 15.8. The largest absolute Gasteiger partial charge is 0.272 e. The Labute approximate surface area is 159 Å². The normalized spacial score (nSPS) is 14.6. The molecule has 0 spiro atoms. The predicted molar refractivity (Wildman–Crippen MR) is 109 cm³/mol. The van der Waals surface area contributed by atoms with Gasteiger partial charge in [-0.25, -0.2) is 4.90 Å². The number of benzene rings is 2. The van der Waals surface area contributed by atoms with E-state index in [1.165, 1.54) is 16.7 Å². The molecule has 0 aliphatic carbocycles. The van der Waals surface area contributed by atoms with Crippen LogP contribution < -0.4 is 4.90 Å². The molecule has 2 amide bonds. The van der Waals surface area contributed by atoms with Gasteiger partial charge in [-0.3, -0.25) is 9.59 Å². The van der Waals surface area contributed by atoms with Crippen molar-refractivity contribution in [1.82, 2.24) is 0 Å². The van der Waals surface area contributed by atoms with Crippen LogP contribution in [0.1, 0.15) is 34.7 Å². The van der Waals surface area contributed by atoms with E-state index in [-0.39, 0.29) is 11.8 Å². The number of hydrogen-bond donors (Lipinski definition) is 0. The lowest BCUT2D eigenvalue weighted by Crippen LogP contribution is -2.31. The van der Waals surface area contributed by atoms with Crippen LogP contribution in [0, 0.1) is 27.7 Å². The summed E-state index contributed by atoms with van der Waals surface area (Å²) in [5, 5.41) is 0. The average Bonchev–Trinajstić information content (AvgIpc) is 2.82. The minimum Gasteiger partial charge on any atom is -0.268 e. The van der Waals surface area contributed by atoms with Gasteiger partial charge >= 0.3 is 0 Å². The first-order valence-electron chi connectivity index (χ1n) is 8.76. The minimum absolute atomic E-state index is 0.222. The van der Waals surface area contributed by atoms with Gasteiger partial charge in [-0.2, -0.15) is 0 Å². The molecule has 26 heavy (non-hydrogen) atoms. The molecule has 0 aromatic heterocycles. The molecular formula is C22H23NO2S. The van der Waals surface area contributed by atoms with Crippen LogP contribution in [0.15, 0.2) is 41.3 Å². The molecule has 0 bridgehead atoms. The Morgan fingerprint density at radius 2 is 1.58 bits per heavy atom. The molecular weight excluding hydrogens is 342 g/mol. The van der Waals surface area contributed by atoms with E-state index in [2.05, 4.69) is 0 Å².